The van der Waals surface area contributed by atoms with E-state index in [4.69, 9.17) is 5.84 Å². The number of carbonyl (C=O) groups is 1. The molecule has 0 aromatic heterocycles. The number of benzene rings is 1. The van der Waals surface area contributed by atoms with E-state index in [9.17, 15) is 9.18 Å². The van der Waals surface area contributed by atoms with Gasteiger partial charge in [0.15, 0.2) is 0 Å². The van der Waals surface area contributed by atoms with E-state index in [2.05, 4.69) is 15.6 Å². The number of para-hydroxylation sites is 1. The van der Waals surface area contributed by atoms with Crippen molar-refractivity contribution in [2.24, 2.45) is 5.84 Å². The molecule has 2 fully saturated rings. The molecule has 3 rings (SSSR count). The number of nitrogens with two attached hydrogens (primary N) is 1. The SMILES string of the molecule is NNc1c(F)cccc1C(=O)NC1CCN2CCCC2C1. The molecule has 6 heteroatoms. The highest BCUT2D eigenvalue weighted by Gasteiger charge is 2.32. The van der Waals surface area contributed by atoms with E-state index in [1.54, 1.807) is 6.07 Å². The highest BCUT2D eigenvalue weighted by atomic mass is 19.1. The summed E-state index contributed by atoms with van der Waals surface area (Å²) in [5.74, 6) is 4.53. The monoisotopic (exact) mass is 292 g/mol. The summed E-state index contributed by atoms with van der Waals surface area (Å²) in [5.41, 5.74) is 2.58. The third-order valence-electron chi connectivity index (χ3n) is 4.56. The summed E-state index contributed by atoms with van der Waals surface area (Å²) in [7, 11) is 0. The average molecular weight is 292 g/mol. The van der Waals surface area contributed by atoms with Crippen molar-refractivity contribution in [2.45, 2.75) is 37.8 Å². The third kappa shape index (κ3) is 2.87. The molecule has 1 amide bonds. The van der Waals surface area contributed by atoms with Crippen LogP contribution in [0.5, 0.6) is 0 Å². The highest BCUT2D eigenvalue weighted by molar-refractivity contribution is 5.99. The molecule has 2 heterocycles. The number of rotatable bonds is 3. The Morgan fingerprint density at radius 3 is 3.00 bits per heavy atom. The Hall–Kier alpha value is -1.66. The van der Waals surface area contributed by atoms with E-state index in [0.717, 1.165) is 19.4 Å². The summed E-state index contributed by atoms with van der Waals surface area (Å²) >= 11 is 0. The summed E-state index contributed by atoms with van der Waals surface area (Å²) in [6, 6.07) is 5.13. The van der Waals surface area contributed by atoms with E-state index < -0.39 is 5.82 Å². The summed E-state index contributed by atoms with van der Waals surface area (Å²) in [6.07, 6.45) is 4.38. The third-order valence-corrected chi connectivity index (χ3v) is 4.56. The smallest absolute Gasteiger partial charge is 0.253 e. The number of halogens is 1. The lowest BCUT2D eigenvalue weighted by molar-refractivity contribution is 0.0896. The lowest BCUT2D eigenvalue weighted by Gasteiger charge is -2.35. The maximum absolute atomic E-state index is 13.6. The Balaban J connectivity index is 1.68. The second-order valence-electron chi connectivity index (χ2n) is 5.83. The summed E-state index contributed by atoms with van der Waals surface area (Å²) < 4.78 is 13.6. The number of carbonyl (C=O) groups excluding carboxylic acids is 1. The fourth-order valence-corrected chi connectivity index (χ4v) is 3.48. The van der Waals surface area contributed by atoms with Crippen LogP contribution < -0.4 is 16.6 Å². The second-order valence-corrected chi connectivity index (χ2v) is 5.83. The predicted octanol–water partition coefficient (Wildman–Crippen LogP) is 1.47. The van der Waals surface area contributed by atoms with Gasteiger partial charge in [0.25, 0.3) is 5.91 Å². The number of nitrogens with zero attached hydrogens (tertiary/aromatic N) is 1. The molecule has 5 nitrogen and oxygen atoms in total. The fourth-order valence-electron chi connectivity index (χ4n) is 3.48. The molecule has 1 aromatic rings. The van der Waals surface area contributed by atoms with Gasteiger partial charge in [-0.2, -0.15) is 0 Å². The molecule has 0 spiro atoms. The molecule has 0 bridgehead atoms. The van der Waals surface area contributed by atoms with E-state index in [-0.39, 0.29) is 23.2 Å². The first-order valence-electron chi connectivity index (χ1n) is 7.49. The maximum atomic E-state index is 13.6. The molecule has 0 aliphatic carbocycles. The van der Waals surface area contributed by atoms with Crippen LogP contribution in [0.2, 0.25) is 0 Å². The number of nitrogens with one attached hydrogen (secondary N) is 2. The number of hydrazine groups is 1. The number of nitrogen functional groups attached to an aromatic ring is 1. The number of piperidine rings is 1. The lowest BCUT2D eigenvalue weighted by Crippen LogP contribution is -2.47. The maximum Gasteiger partial charge on any atom is 0.253 e. The van der Waals surface area contributed by atoms with Crippen molar-refractivity contribution in [3.8, 4) is 0 Å². The quantitative estimate of drug-likeness (QED) is 0.583. The number of anilines is 1. The van der Waals surface area contributed by atoms with Crippen LogP contribution in [-0.4, -0.2) is 36.0 Å². The van der Waals surface area contributed by atoms with Crippen molar-refractivity contribution < 1.29 is 9.18 Å². The minimum absolute atomic E-state index is 0.0494. The van der Waals surface area contributed by atoms with Crippen LogP contribution in [0.4, 0.5) is 10.1 Å². The summed E-state index contributed by atoms with van der Waals surface area (Å²) in [6.45, 7) is 2.21. The normalized spacial score (nSPS) is 25.4. The van der Waals surface area contributed by atoms with Crippen LogP contribution in [0, 0.1) is 5.82 Å². The molecule has 2 aliphatic heterocycles. The molecule has 0 radical (unpaired) electrons. The van der Waals surface area contributed by atoms with Gasteiger partial charge in [0, 0.05) is 18.6 Å². The molecule has 1 aromatic carbocycles. The summed E-state index contributed by atoms with van der Waals surface area (Å²) in [5, 5.41) is 3.02. The van der Waals surface area contributed by atoms with Gasteiger partial charge in [-0.3, -0.25) is 10.6 Å². The largest absolute Gasteiger partial charge is 0.349 e. The lowest BCUT2D eigenvalue weighted by atomic mass is 9.97. The predicted molar refractivity (Wildman–Crippen MR) is 79.3 cm³/mol. The van der Waals surface area contributed by atoms with Gasteiger partial charge in [-0.15, -0.1) is 0 Å². The molecule has 0 saturated carbocycles. The van der Waals surface area contributed by atoms with Crippen molar-refractivity contribution >= 4 is 11.6 Å². The van der Waals surface area contributed by atoms with Crippen molar-refractivity contribution in [1.82, 2.24) is 10.2 Å². The van der Waals surface area contributed by atoms with Crippen molar-refractivity contribution in [3.63, 3.8) is 0 Å². The Morgan fingerprint density at radius 1 is 1.33 bits per heavy atom. The van der Waals surface area contributed by atoms with Gasteiger partial charge < -0.3 is 15.6 Å². The Labute approximate surface area is 123 Å². The van der Waals surface area contributed by atoms with Gasteiger partial charge in [0.05, 0.1) is 11.3 Å². The van der Waals surface area contributed by atoms with Crippen LogP contribution >= 0.6 is 0 Å². The molecule has 2 atom stereocenters. The molecule has 21 heavy (non-hydrogen) atoms. The van der Waals surface area contributed by atoms with E-state index in [0.29, 0.717) is 6.04 Å². The first-order chi connectivity index (χ1) is 10.2. The highest BCUT2D eigenvalue weighted by Crippen LogP contribution is 2.27. The molecule has 2 saturated heterocycles. The standard InChI is InChI=1S/C15H21FN4O/c16-13-5-1-4-12(14(13)19-17)15(21)18-10-6-8-20-7-2-3-11(20)9-10/h1,4-5,10-11,19H,2-3,6-9,17H2,(H,18,21). The van der Waals surface area contributed by atoms with Crippen LogP contribution in [0.3, 0.4) is 0 Å². The first kappa shape index (κ1) is 14.3. The zero-order valence-corrected chi connectivity index (χ0v) is 11.9. The van der Waals surface area contributed by atoms with E-state index in [1.165, 1.54) is 31.5 Å². The number of hydrogen-bond donors (Lipinski definition) is 3. The fraction of sp³-hybridized carbons (Fsp3) is 0.533. The molecular weight excluding hydrogens is 271 g/mol. The number of amides is 1. The van der Waals surface area contributed by atoms with Gasteiger partial charge in [-0.1, -0.05) is 6.07 Å². The number of hydrogen-bond acceptors (Lipinski definition) is 4. The van der Waals surface area contributed by atoms with Gasteiger partial charge >= 0.3 is 0 Å². The van der Waals surface area contributed by atoms with Gasteiger partial charge in [-0.05, 0) is 44.4 Å². The molecule has 4 N–H and O–H groups in total. The minimum atomic E-state index is -0.518. The van der Waals surface area contributed by atoms with Gasteiger partial charge in [0.2, 0.25) is 0 Å². The Kier molecular flexibility index (Phi) is 4.07. The van der Waals surface area contributed by atoms with Crippen LogP contribution in [-0.2, 0) is 0 Å². The van der Waals surface area contributed by atoms with Crippen molar-refractivity contribution in [2.75, 3.05) is 18.5 Å². The first-order valence-corrected chi connectivity index (χ1v) is 7.49. The van der Waals surface area contributed by atoms with E-state index in [1.807, 2.05) is 0 Å². The molecular formula is C15H21FN4O. The second kappa shape index (κ2) is 5.99. The average Bonchev–Trinajstić information content (AvgIpc) is 2.94. The van der Waals surface area contributed by atoms with Crippen LogP contribution in [0.15, 0.2) is 18.2 Å². The van der Waals surface area contributed by atoms with Gasteiger partial charge in [0.1, 0.15) is 5.82 Å². The zero-order chi connectivity index (χ0) is 14.8. The van der Waals surface area contributed by atoms with E-state index >= 15 is 0 Å². The summed E-state index contributed by atoms with van der Waals surface area (Å²) in [4.78, 5) is 14.8. The molecule has 2 unspecified atom stereocenters. The van der Waals surface area contributed by atoms with Crippen molar-refractivity contribution in [3.05, 3.63) is 29.6 Å². The minimum Gasteiger partial charge on any atom is -0.349 e. The van der Waals surface area contributed by atoms with Gasteiger partial charge in [-0.25, -0.2) is 4.39 Å². The Bertz CT molecular complexity index is 536. The number of fused-ring (bicyclic) bond motifs is 1. The topological polar surface area (TPSA) is 70.4 Å². The van der Waals surface area contributed by atoms with Crippen molar-refractivity contribution in [1.29, 1.82) is 0 Å². The van der Waals surface area contributed by atoms with Crippen LogP contribution in [0.1, 0.15) is 36.0 Å². The molecule has 2 aliphatic rings. The molecule has 114 valence electrons. The Morgan fingerprint density at radius 2 is 2.19 bits per heavy atom. The zero-order valence-electron chi connectivity index (χ0n) is 11.9. The van der Waals surface area contributed by atoms with Crippen LogP contribution in [0.25, 0.3) is 0 Å².